The largest absolute Gasteiger partial charge is 0.397 e. The van der Waals surface area contributed by atoms with Crippen LogP contribution in [0, 0.1) is 11.3 Å². The van der Waals surface area contributed by atoms with E-state index in [0.29, 0.717) is 35.2 Å². The summed E-state index contributed by atoms with van der Waals surface area (Å²) in [7, 11) is 5.63. The molecule has 17 heavy (non-hydrogen) atoms. The second kappa shape index (κ2) is 3.97. The number of nitrogens with zero attached hydrogens (tertiary/aromatic N) is 1. The second-order valence-electron chi connectivity index (χ2n) is 4.89. The monoisotopic (exact) mass is 227 g/mol. The van der Waals surface area contributed by atoms with E-state index in [1.807, 2.05) is 0 Å². The van der Waals surface area contributed by atoms with Gasteiger partial charge in [-0.1, -0.05) is 5.46 Å². The van der Waals surface area contributed by atoms with Gasteiger partial charge in [0.1, 0.15) is 13.9 Å². The topological polar surface area (TPSA) is 82.1 Å². The second-order valence-corrected chi connectivity index (χ2v) is 4.89. The lowest BCUT2D eigenvalue weighted by Gasteiger charge is -2.42. The molecule has 2 rings (SSSR count). The van der Waals surface area contributed by atoms with Crippen molar-refractivity contribution in [2.75, 3.05) is 11.1 Å². The van der Waals surface area contributed by atoms with Crippen LogP contribution in [0.1, 0.15) is 25.3 Å². The Hall–Kier alpha value is -1.67. The molecular weight excluding hydrogens is 213 g/mol. The van der Waals surface area contributed by atoms with Crippen LogP contribution < -0.4 is 16.5 Å². The third-order valence-electron chi connectivity index (χ3n) is 3.03. The minimum absolute atomic E-state index is 0.156. The molecule has 0 amide bonds. The van der Waals surface area contributed by atoms with Gasteiger partial charge in [-0.2, -0.15) is 5.26 Å². The Morgan fingerprint density at radius 2 is 2.24 bits per heavy atom. The first-order valence-electron chi connectivity index (χ1n) is 5.49. The smallest absolute Gasteiger partial charge is 0.113 e. The highest BCUT2D eigenvalue weighted by molar-refractivity contribution is 6.33. The molecule has 1 saturated carbocycles. The first-order valence-corrected chi connectivity index (χ1v) is 5.49. The molecule has 0 bridgehead atoms. The molecule has 1 aliphatic rings. The maximum atomic E-state index is 9.65. The first-order chi connectivity index (χ1) is 7.91. The predicted molar refractivity (Wildman–Crippen MR) is 68.2 cm³/mol. The summed E-state index contributed by atoms with van der Waals surface area (Å²) in [4.78, 5) is 0. The maximum Gasteiger partial charge on any atom is 0.113 e. The zero-order chi connectivity index (χ0) is 12.6. The van der Waals surface area contributed by atoms with E-state index in [4.69, 9.17) is 18.8 Å². The van der Waals surface area contributed by atoms with Crippen LogP contribution in [0.4, 0.5) is 11.4 Å². The lowest BCUT2D eigenvalue weighted by atomic mass is 9.77. The van der Waals surface area contributed by atoms with E-state index in [9.17, 15) is 5.11 Å². The molecule has 0 aromatic heterocycles. The molecule has 2 radical (unpaired) electrons. The van der Waals surface area contributed by atoms with Crippen molar-refractivity contribution in [2.24, 2.45) is 0 Å². The number of nitrogens with one attached hydrogen (secondary N) is 1. The highest BCUT2D eigenvalue weighted by Gasteiger charge is 2.38. The zero-order valence-electron chi connectivity index (χ0n) is 9.70. The first kappa shape index (κ1) is 11.8. The van der Waals surface area contributed by atoms with E-state index < -0.39 is 5.60 Å². The van der Waals surface area contributed by atoms with Gasteiger partial charge in [-0.15, -0.1) is 0 Å². The number of anilines is 2. The quantitative estimate of drug-likeness (QED) is 0.500. The summed E-state index contributed by atoms with van der Waals surface area (Å²) in [6.45, 7) is 1.79. The number of hydrogen-bond donors (Lipinski definition) is 3. The van der Waals surface area contributed by atoms with Gasteiger partial charge in [0, 0.05) is 6.04 Å². The van der Waals surface area contributed by atoms with E-state index in [1.54, 1.807) is 19.1 Å². The lowest BCUT2D eigenvalue weighted by molar-refractivity contribution is -0.0234. The van der Waals surface area contributed by atoms with E-state index in [2.05, 4.69) is 11.4 Å². The van der Waals surface area contributed by atoms with Gasteiger partial charge in [0.05, 0.1) is 22.5 Å². The van der Waals surface area contributed by atoms with Crippen molar-refractivity contribution in [3.05, 3.63) is 17.7 Å². The lowest BCUT2D eigenvalue weighted by Crippen LogP contribution is -2.48. The van der Waals surface area contributed by atoms with Gasteiger partial charge in [0.2, 0.25) is 0 Å². The number of nitriles is 1. The van der Waals surface area contributed by atoms with Gasteiger partial charge in [0.15, 0.2) is 0 Å². The Morgan fingerprint density at radius 1 is 1.59 bits per heavy atom. The molecular formula is C12H14BN3O. The van der Waals surface area contributed by atoms with Crippen LogP contribution in [-0.2, 0) is 0 Å². The van der Waals surface area contributed by atoms with E-state index in [-0.39, 0.29) is 6.04 Å². The van der Waals surface area contributed by atoms with Crippen LogP contribution in [0.2, 0.25) is 0 Å². The molecule has 0 atom stereocenters. The fourth-order valence-corrected chi connectivity index (χ4v) is 2.25. The Morgan fingerprint density at radius 3 is 2.76 bits per heavy atom. The van der Waals surface area contributed by atoms with Crippen molar-refractivity contribution >= 4 is 24.7 Å². The Labute approximate surface area is 102 Å². The van der Waals surface area contributed by atoms with Gasteiger partial charge < -0.3 is 16.2 Å². The highest BCUT2D eigenvalue weighted by Crippen LogP contribution is 2.35. The molecule has 0 spiro atoms. The minimum atomic E-state index is -0.604. The van der Waals surface area contributed by atoms with Crippen molar-refractivity contribution < 1.29 is 5.11 Å². The van der Waals surface area contributed by atoms with Crippen molar-refractivity contribution in [3.63, 3.8) is 0 Å². The normalized spacial score (nSPS) is 27.0. The summed E-state index contributed by atoms with van der Waals surface area (Å²) in [6.07, 6.45) is 1.31. The molecule has 4 N–H and O–H groups in total. The fraction of sp³-hybridized carbons (Fsp3) is 0.417. The van der Waals surface area contributed by atoms with Gasteiger partial charge >= 0.3 is 0 Å². The van der Waals surface area contributed by atoms with Crippen molar-refractivity contribution in [1.29, 1.82) is 5.26 Å². The Kier molecular flexibility index (Phi) is 2.76. The third-order valence-corrected chi connectivity index (χ3v) is 3.03. The summed E-state index contributed by atoms with van der Waals surface area (Å²) >= 11 is 0. The van der Waals surface area contributed by atoms with Gasteiger partial charge in [-0.3, -0.25) is 0 Å². The van der Waals surface area contributed by atoms with E-state index >= 15 is 0 Å². The maximum absolute atomic E-state index is 9.65. The summed E-state index contributed by atoms with van der Waals surface area (Å²) in [5, 5.41) is 21.9. The van der Waals surface area contributed by atoms with Crippen LogP contribution in [0.15, 0.2) is 12.1 Å². The summed E-state index contributed by atoms with van der Waals surface area (Å²) in [5.41, 5.74) is 7.23. The van der Waals surface area contributed by atoms with Gasteiger partial charge in [-0.25, -0.2) is 0 Å². The van der Waals surface area contributed by atoms with Crippen molar-refractivity contribution in [2.45, 2.75) is 31.4 Å². The number of nitrogen functional groups attached to an aromatic ring is 1. The summed E-state index contributed by atoms with van der Waals surface area (Å²) in [5.74, 6) is 0. The molecule has 1 aliphatic carbocycles. The number of rotatable bonds is 2. The van der Waals surface area contributed by atoms with Gasteiger partial charge in [-0.05, 0) is 31.9 Å². The van der Waals surface area contributed by atoms with E-state index in [1.165, 1.54) is 0 Å². The Bertz CT molecular complexity index is 485. The fourth-order valence-electron chi connectivity index (χ4n) is 2.25. The summed E-state index contributed by atoms with van der Waals surface area (Å²) in [6, 6.07) is 5.44. The van der Waals surface area contributed by atoms with E-state index in [0.717, 1.165) is 0 Å². The van der Waals surface area contributed by atoms with Gasteiger partial charge in [0.25, 0.3) is 0 Å². The molecule has 86 valence electrons. The van der Waals surface area contributed by atoms with Crippen molar-refractivity contribution in [1.82, 2.24) is 0 Å². The molecule has 0 heterocycles. The molecule has 1 aromatic rings. The molecule has 0 aliphatic heterocycles. The number of hydrogen-bond acceptors (Lipinski definition) is 4. The standard InChI is InChI=1S/C12H14BN3O/c1-12(17)4-9(5-12)16-11-7(6-14)2-8(13)3-10(11)15/h2-3,9,16-17H,4-5,15H2,1H3. The molecule has 1 aromatic carbocycles. The van der Waals surface area contributed by atoms with Crippen LogP contribution >= 0.6 is 0 Å². The van der Waals surface area contributed by atoms with Crippen LogP contribution in [0.5, 0.6) is 0 Å². The number of benzene rings is 1. The third kappa shape index (κ3) is 2.37. The zero-order valence-corrected chi connectivity index (χ0v) is 9.70. The summed E-state index contributed by atoms with van der Waals surface area (Å²) < 4.78 is 0. The number of aliphatic hydroxyl groups is 1. The van der Waals surface area contributed by atoms with Crippen LogP contribution in [0.3, 0.4) is 0 Å². The number of nitrogens with two attached hydrogens (primary N) is 1. The average Bonchev–Trinajstić information content (AvgIpc) is 2.18. The molecule has 4 nitrogen and oxygen atoms in total. The molecule has 5 heteroatoms. The Balaban J connectivity index is 2.19. The predicted octanol–water partition coefficient (Wildman–Crippen LogP) is 0.260. The molecule has 0 saturated heterocycles. The highest BCUT2D eigenvalue weighted by atomic mass is 16.3. The molecule has 1 fully saturated rings. The SMILES string of the molecule is [B]c1cc(N)c(NC2CC(C)(O)C2)c(C#N)c1. The van der Waals surface area contributed by atoms with Crippen molar-refractivity contribution in [3.8, 4) is 6.07 Å². The molecule has 0 unspecified atom stereocenters. The van der Waals surface area contributed by atoms with Crippen LogP contribution in [-0.4, -0.2) is 24.6 Å². The minimum Gasteiger partial charge on any atom is -0.397 e. The average molecular weight is 227 g/mol. The van der Waals surface area contributed by atoms with Crippen LogP contribution in [0.25, 0.3) is 0 Å².